The van der Waals surface area contributed by atoms with E-state index in [-0.39, 0.29) is 17.2 Å². The van der Waals surface area contributed by atoms with Crippen molar-refractivity contribution in [2.24, 2.45) is 0 Å². The van der Waals surface area contributed by atoms with E-state index in [4.69, 9.17) is 11.6 Å². The summed E-state index contributed by atoms with van der Waals surface area (Å²) in [6, 6.07) is 11.8. The van der Waals surface area contributed by atoms with Crippen molar-refractivity contribution in [3.63, 3.8) is 0 Å². The van der Waals surface area contributed by atoms with Gasteiger partial charge in [0.05, 0.1) is 6.42 Å². The van der Waals surface area contributed by atoms with Gasteiger partial charge in [-0.1, -0.05) is 43.6 Å². The number of hydrogen-bond acceptors (Lipinski definition) is 2. The van der Waals surface area contributed by atoms with Gasteiger partial charge in [-0.15, -0.1) is 0 Å². The number of amides is 2. The predicted molar refractivity (Wildman–Crippen MR) is 109 cm³/mol. The van der Waals surface area contributed by atoms with Crippen molar-refractivity contribution in [1.29, 1.82) is 0 Å². The van der Waals surface area contributed by atoms with E-state index in [9.17, 15) is 9.59 Å². The molecule has 0 bridgehead atoms. The van der Waals surface area contributed by atoms with Gasteiger partial charge in [-0.2, -0.15) is 0 Å². The zero-order valence-corrected chi connectivity index (χ0v) is 16.4. The predicted octanol–water partition coefficient (Wildman–Crippen LogP) is 4.48. The number of anilines is 2. The first-order valence-electron chi connectivity index (χ1n) is 9.36. The lowest BCUT2D eigenvalue weighted by molar-refractivity contribution is -0.118. The Hall–Kier alpha value is -2.33. The molecule has 0 unspecified atom stereocenters. The first-order valence-corrected chi connectivity index (χ1v) is 9.74. The number of nitrogens with zero attached hydrogens (tertiary/aromatic N) is 1. The second kappa shape index (κ2) is 6.68. The quantitative estimate of drug-likeness (QED) is 0.847. The van der Waals surface area contributed by atoms with Crippen molar-refractivity contribution < 1.29 is 9.59 Å². The van der Waals surface area contributed by atoms with Crippen LogP contribution in [-0.4, -0.2) is 18.4 Å². The van der Waals surface area contributed by atoms with Crippen molar-refractivity contribution in [2.75, 3.05) is 16.8 Å². The van der Waals surface area contributed by atoms with Gasteiger partial charge in [0.2, 0.25) is 11.8 Å². The first-order chi connectivity index (χ1) is 12.8. The summed E-state index contributed by atoms with van der Waals surface area (Å²) in [5.74, 6) is 0.188. The van der Waals surface area contributed by atoms with E-state index in [1.807, 2.05) is 35.2 Å². The summed E-state index contributed by atoms with van der Waals surface area (Å²) in [7, 11) is 0. The SMILES string of the molecule is CC1(C)CN(C(=O)CCCc2ccc3c(c2)CC(=O)N3)c2cccc(Cl)c21. The van der Waals surface area contributed by atoms with Crippen LogP contribution < -0.4 is 10.2 Å². The molecule has 1 N–H and O–H groups in total. The van der Waals surface area contributed by atoms with Crippen LogP contribution in [0.1, 0.15) is 43.4 Å². The molecule has 0 fully saturated rings. The number of rotatable bonds is 4. The topological polar surface area (TPSA) is 49.4 Å². The number of carbonyl (C=O) groups is 2. The molecule has 5 heteroatoms. The molecule has 0 spiro atoms. The fourth-order valence-electron chi connectivity index (χ4n) is 4.21. The standard InChI is InChI=1S/C22H23ClN2O2/c1-22(2)13-25(18-7-4-6-16(23)21(18)22)20(27)8-3-5-14-9-10-17-15(11-14)12-19(26)24-17/h4,6-7,9-11H,3,5,8,12-13H2,1-2H3,(H,24,26). The maximum absolute atomic E-state index is 12.9. The van der Waals surface area contributed by atoms with Crippen LogP contribution in [0.2, 0.25) is 5.02 Å². The fraction of sp³-hybridized carbons (Fsp3) is 0.364. The van der Waals surface area contributed by atoms with E-state index < -0.39 is 0 Å². The Morgan fingerprint density at radius 3 is 2.89 bits per heavy atom. The first kappa shape index (κ1) is 18.1. The molecule has 0 saturated heterocycles. The van der Waals surface area contributed by atoms with Gasteiger partial charge < -0.3 is 10.2 Å². The smallest absolute Gasteiger partial charge is 0.228 e. The molecule has 0 saturated carbocycles. The van der Waals surface area contributed by atoms with Gasteiger partial charge in [-0.05, 0) is 42.2 Å². The van der Waals surface area contributed by atoms with E-state index in [0.29, 0.717) is 19.4 Å². The van der Waals surface area contributed by atoms with Gasteiger partial charge in [0, 0.05) is 40.3 Å². The van der Waals surface area contributed by atoms with Crippen LogP contribution in [0.5, 0.6) is 0 Å². The summed E-state index contributed by atoms with van der Waals surface area (Å²) >= 11 is 6.40. The van der Waals surface area contributed by atoms with Gasteiger partial charge in [0.25, 0.3) is 0 Å². The molecule has 0 aromatic heterocycles. The summed E-state index contributed by atoms with van der Waals surface area (Å²) in [5.41, 5.74) is 5.00. The Labute approximate surface area is 164 Å². The van der Waals surface area contributed by atoms with Crippen LogP contribution in [-0.2, 0) is 27.8 Å². The highest BCUT2D eigenvalue weighted by Gasteiger charge is 2.39. The van der Waals surface area contributed by atoms with E-state index in [1.165, 1.54) is 5.56 Å². The Morgan fingerprint density at radius 2 is 2.07 bits per heavy atom. The second-order valence-corrected chi connectivity index (χ2v) is 8.47. The van der Waals surface area contributed by atoms with E-state index >= 15 is 0 Å². The van der Waals surface area contributed by atoms with Crippen LogP contribution in [0.4, 0.5) is 11.4 Å². The highest BCUT2D eigenvalue weighted by atomic mass is 35.5. The Bertz CT molecular complexity index is 936. The fourth-order valence-corrected chi connectivity index (χ4v) is 4.63. The number of fused-ring (bicyclic) bond motifs is 2. The van der Waals surface area contributed by atoms with Gasteiger partial charge in [0.15, 0.2) is 0 Å². The lowest BCUT2D eigenvalue weighted by Crippen LogP contribution is -2.33. The minimum absolute atomic E-state index is 0.0475. The molecular formula is C22H23ClN2O2. The highest BCUT2D eigenvalue weighted by Crippen LogP contribution is 2.44. The molecule has 4 nitrogen and oxygen atoms in total. The lowest BCUT2D eigenvalue weighted by atomic mass is 9.87. The highest BCUT2D eigenvalue weighted by molar-refractivity contribution is 6.32. The van der Waals surface area contributed by atoms with Crippen LogP contribution in [0.3, 0.4) is 0 Å². The van der Waals surface area contributed by atoms with E-state index in [1.54, 1.807) is 0 Å². The molecule has 140 valence electrons. The van der Waals surface area contributed by atoms with Crippen molar-refractivity contribution >= 4 is 34.8 Å². The largest absolute Gasteiger partial charge is 0.326 e. The van der Waals surface area contributed by atoms with Crippen LogP contribution >= 0.6 is 11.6 Å². The molecule has 2 aliphatic rings. The third-order valence-corrected chi connectivity index (χ3v) is 5.78. The number of hydrogen-bond donors (Lipinski definition) is 1. The van der Waals surface area contributed by atoms with Gasteiger partial charge >= 0.3 is 0 Å². The molecule has 0 radical (unpaired) electrons. The number of halogens is 1. The Kier molecular flexibility index (Phi) is 4.47. The molecule has 2 aromatic rings. The molecule has 0 aliphatic carbocycles. The average molecular weight is 383 g/mol. The Morgan fingerprint density at radius 1 is 1.26 bits per heavy atom. The molecule has 2 aliphatic heterocycles. The van der Waals surface area contributed by atoms with Crippen molar-refractivity contribution in [1.82, 2.24) is 0 Å². The molecule has 0 atom stereocenters. The third-order valence-electron chi connectivity index (χ3n) is 5.46. The summed E-state index contributed by atoms with van der Waals surface area (Å²) < 4.78 is 0. The zero-order valence-electron chi connectivity index (χ0n) is 15.6. The minimum atomic E-state index is -0.136. The molecule has 4 rings (SSSR count). The maximum atomic E-state index is 12.9. The van der Waals surface area contributed by atoms with Gasteiger partial charge in [-0.3, -0.25) is 9.59 Å². The van der Waals surface area contributed by atoms with Gasteiger partial charge in [0.1, 0.15) is 0 Å². The molecule has 2 aromatic carbocycles. The Balaban J connectivity index is 1.41. The monoisotopic (exact) mass is 382 g/mol. The second-order valence-electron chi connectivity index (χ2n) is 8.07. The normalized spacial score (nSPS) is 16.9. The van der Waals surface area contributed by atoms with Crippen LogP contribution in [0, 0.1) is 0 Å². The minimum Gasteiger partial charge on any atom is -0.326 e. The zero-order chi connectivity index (χ0) is 19.2. The van der Waals surface area contributed by atoms with Crippen molar-refractivity contribution in [2.45, 2.75) is 44.9 Å². The van der Waals surface area contributed by atoms with Crippen LogP contribution in [0.15, 0.2) is 36.4 Å². The molecule has 2 amide bonds. The van der Waals surface area contributed by atoms with Crippen molar-refractivity contribution in [3.05, 3.63) is 58.1 Å². The van der Waals surface area contributed by atoms with Gasteiger partial charge in [-0.25, -0.2) is 0 Å². The van der Waals surface area contributed by atoms with Crippen molar-refractivity contribution in [3.8, 4) is 0 Å². The number of benzene rings is 2. The summed E-state index contributed by atoms with van der Waals surface area (Å²) in [4.78, 5) is 26.2. The molecule has 27 heavy (non-hydrogen) atoms. The number of carbonyl (C=O) groups excluding carboxylic acids is 2. The average Bonchev–Trinajstić information content (AvgIpc) is 3.11. The molecule has 2 heterocycles. The lowest BCUT2D eigenvalue weighted by Gasteiger charge is -2.21. The third kappa shape index (κ3) is 3.34. The summed E-state index contributed by atoms with van der Waals surface area (Å²) in [6.07, 6.45) is 2.55. The number of nitrogens with one attached hydrogen (secondary N) is 1. The molecular weight excluding hydrogens is 360 g/mol. The maximum Gasteiger partial charge on any atom is 0.228 e. The van der Waals surface area contributed by atoms with E-state index in [2.05, 4.69) is 25.2 Å². The van der Waals surface area contributed by atoms with Crippen LogP contribution in [0.25, 0.3) is 0 Å². The number of aryl methyl sites for hydroxylation is 1. The summed E-state index contributed by atoms with van der Waals surface area (Å²) in [5, 5.41) is 3.58. The summed E-state index contributed by atoms with van der Waals surface area (Å²) in [6.45, 7) is 4.92. The van der Waals surface area contributed by atoms with E-state index in [0.717, 1.165) is 40.4 Å².